The standard InChI is InChI=1S/C19H17NO5/c1-24-14-7-5-13(6-8-14)19-15(3-2-4-16(19)21)17-11-20(9-10-25-17)12-18(22)23/h2-11,19H,12H2,1H3,(H,22,23). The van der Waals surface area contributed by atoms with Crippen molar-refractivity contribution in [2.24, 2.45) is 0 Å². The molecule has 0 bridgehead atoms. The molecule has 1 N–H and O–H groups in total. The van der Waals surface area contributed by atoms with Gasteiger partial charge in [-0.05, 0) is 23.8 Å². The van der Waals surface area contributed by atoms with Crippen LogP contribution in [0.25, 0.3) is 0 Å². The van der Waals surface area contributed by atoms with E-state index in [1.807, 2.05) is 12.1 Å². The molecular formula is C19H17NO5. The highest BCUT2D eigenvalue weighted by molar-refractivity contribution is 6.00. The zero-order valence-corrected chi connectivity index (χ0v) is 13.6. The van der Waals surface area contributed by atoms with Gasteiger partial charge >= 0.3 is 5.97 Å². The van der Waals surface area contributed by atoms with E-state index in [1.54, 1.807) is 37.6 Å². The number of carboxylic acid groups (broad SMARTS) is 1. The van der Waals surface area contributed by atoms with E-state index in [0.29, 0.717) is 17.1 Å². The van der Waals surface area contributed by atoms with Gasteiger partial charge in [0.1, 0.15) is 24.3 Å². The average molecular weight is 339 g/mol. The summed E-state index contributed by atoms with van der Waals surface area (Å²) in [6, 6.07) is 7.27. The molecule has 2 aliphatic rings. The SMILES string of the molecule is COc1ccc(C2C(=O)C=CC=C2C2=CN(CC(=O)O)C=CO2)cc1. The maximum atomic E-state index is 12.5. The van der Waals surface area contributed by atoms with E-state index in [2.05, 4.69) is 0 Å². The van der Waals surface area contributed by atoms with Crippen LogP contribution in [0.4, 0.5) is 0 Å². The number of carbonyl (C=O) groups is 2. The van der Waals surface area contributed by atoms with E-state index in [-0.39, 0.29) is 12.3 Å². The van der Waals surface area contributed by atoms with Crippen molar-refractivity contribution in [2.45, 2.75) is 5.92 Å². The van der Waals surface area contributed by atoms with E-state index in [4.69, 9.17) is 14.6 Å². The summed E-state index contributed by atoms with van der Waals surface area (Å²) in [5.41, 5.74) is 1.49. The van der Waals surface area contributed by atoms with Crippen molar-refractivity contribution in [2.75, 3.05) is 13.7 Å². The molecule has 0 spiro atoms. The Morgan fingerprint density at radius 1 is 1.32 bits per heavy atom. The molecule has 1 aliphatic heterocycles. The Morgan fingerprint density at radius 3 is 2.76 bits per heavy atom. The van der Waals surface area contributed by atoms with Crippen molar-refractivity contribution in [3.63, 3.8) is 0 Å². The average Bonchev–Trinajstić information content (AvgIpc) is 2.61. The summed E-state index contributed by atoms with van der Waals surface area (Å²) < 4.78 is 10.7. The third-order valence-corrected chi connectivity index (χ3v) is 3.91. The molecule has 1 atom stereocenters. The van der Waals surface area contributed by atoms with Crippen molar-refractivity contribution < 1.29 is 24.2 Å². The highest BCUT2D eigenvalue weighted by Gasteiger charge is 2.29. The van der Waals surface area contributed by atoms with Crippen LogP contribution in [0.5, 0.6) is 5.75 Å². The quantitative estimate of drug-likeness (QED) is 0.888. The largest absolute Gasteiger partial charge is 0.497 e. The molecule has 1 aliphatic carbocycles. The van der Waals surface area contributed by atoms with Gasteiger partial charge in [-0.25, -0.2) is 0 Å². The molecule has 6 nitrogen and oxygen atoms in total. The van der Waals surface area contributed by atoms with Gasteiger partial charge in [0.25, 0.3) is 0 Å². The predicted octanol–water partition coefficient (Wildman–Crippen LogP) is 2.57. The van der Waals surface area contributed by atoms with Crippen LogP contribution in [-0.4, -0.2) is 35.4 Å². The first-order valence-electron chi connectivity index (χ1n) is 7.67. The van der Waals surface area contributed by atoms with Gasteiger partial charge in [-0.15, -0.1) is 0 Å². The molecule has 25 heavy (non-hydrogen) atoms. The number of rotatable bonds is 5. The molecular weight excluding hydrogens is 322 g/mol. The molecule has 1 aromatic rings. The fourth-order valence-electron chi connectivity index (χ4n) is 2.76. The molecule has 0 amide bonds. The third kappa shape index (κ3) is 3.63. The number of allylic oxidation sites excluding steroid dienone is 4. The Labute approximate surface area is 145 Å². The van der Waals surface area contributed by atoms with E-state index in [0.717, 1.165) is 5.56 Å². The first kappa shape index (κ1) is 16.6. The van der Waals surface area contributed by atoms with Gasteiger partial charge in [-0.2, -0.15) is 0 Å². The Balaban J connectivity index is 1.93. The Kier molecular flexibility index (Phi) is 4.70. The van der Waals surface area contributed by atoms with Gasteiger partial charge in [-0.3, -0.25) is 9.59 Å². The molecule has 0 radical (unpaired) electrons. The lowest BCUT2D eigenvalue weighted by atomic mass is 9.83. The van der Waals surface area contributed by atoms with Crippen LogP contribution >= 0.6 is 0 Å². The topological polar surface area (TPSA) is 76.1 Å². The summed E-state index contributed by atoms with van der Waals surface area (Å²) >= 11 is 0. The Hall–Kier alpha value is -3.28. The second-order valence-electron chi connectivity index (χ2n) is 5.55. The van der Waals surface area contributed by atoms with Gasteiger partial charge in [0, 0.05) is 18.0 Å². The van der Waals surface area contributed by atoms with E-state index >= 15 is 0 Å². The van der Waals surface area contributed by atoms with Crippen molar-refractivity contribution >= 4 is 11.8 Å². The van der Waals surface area contributed by atoms with Crippen molar-refractivity contribution in [3.05, 3.63) is 78.1 Å². The lowest BCUT2D eigenvalue weighted by molar-refractivity contribution is -0.137. The zero-order valence-electron chi connectivity index (χ0n) is 13.6. The van der Waals surface area contributed by atoms with E-state index in [1.165, 1.54) is 23.4 Å². The predicted molar refractivity (Wildman–Crippen MR) is 90.6 cm³/mol. The van der Waals surface area contributed by atoms with Crippen LogP contribution in [0.15, 0.2) is 72.5 Å². The monoisotopic (exact) mass is 339 g/mol. The first-order valence-corrected chi connectivity index (χ1v) is 7.67. The van der Waals surface area contributed by atoms with Gasteiger partial charge in [0.2, 0.25) is 0 Å². The molecule has 0 fully saturated rings. The molecule has 6 heteroatoms. The number of carboxylic acids is 1. The van der Waals surface area contributed by atoms with Crippen molar-refractivity contribution in [1.82, 2.24) is 4.90 Å². The van der Waals surface area contributed by atoms with Crippen LogP contribution in [0.3, 0.4) is 0 Å². The lowest BCUT2D eigenvalue weighted by Gasteiger charge is -2.26. The number of hydrogen-bond donors (Lipinski definition) is 1. The smallest absolute Gasteiger partial charge is 0.323 e. The van der Waals surface area contributed by atoms with Gasteiger partial charge < -0.3 is 19.5 Å². The molecule has 0 saturated heterocycles. The highest BCUT2D eigenvalue weighted by Crippen LogP contribution is 2.35. The summed E-state index contributed by atoms with van der Waals surface area (Å²) in [4.78, 5) is 24.9. The number of ketones is 1. The summed E-state index contributed by atoms with van der Waals surface area (Å²) in [5, 5.41) is 8.95. The fourth-order valence-corrected chi connectivity index (χ4v) is 2.76. The second-order valence-corrected chi connectivity index (χ2v) is 5.55. The van der Waals surface area contributed by atoms with E-state index in [9.17, 15) is 9.59 Å². The van der Waals surface area contributed by atoms with Gasteiger partial charge in [0.15, 0.2) is 5.78 Å². The summed E-state index contributed by atoms with van der Waals surface area (Å²) in [7, 11) is 1.58. The Morgan fingerprint density at radius 2 is 2.08 bits per heavy atom. The number of benzene rings is 1. The summed E-state index contributed by atoms with van der Waals surface area (Å²) in [5.74, 6) is -0.381. The number of ether oxygens (including phenoxy) is 2. The maximum absolute atomic E-state index is 12.5. The van der Waals surface area contributed by atoms with Crippen molar-refractivity contribution in [1.29, 1.82) is 0 Å². The van der Waals surface area contributed by atoms with Gasteiger partial charge in [-0.1, -0.05) is 24.3 Å². The number of hydrogen-bond acceptors (Lipinski definition) is 5. The number of carbonyl (C=O) groups excluding carboxylic acids is 1. The van der Waals surface area contributed by atoms with E-state index < -0.39 is 11.9 Å². The Bertz CT molecular complexity index is 802. The van der Waals surface area contributed by atoms with Crippen LogP contribution in [0, 0.1) is 0 Å². The summed E-state index contributed by atoms with van der Waals surface area (Å²) in [6.07, 6.45) is 9.52. The number of methoxy groups -OCH3 is 1. The number of nitrogens with zero attached hydrogens (tertiary/aromatic N) is 1. The zero-order chi connectivity index (χ0) is 17.8. The van der Waals surface area contributed by atoms with Gasteiger partial charge in [0.05, 0.1) is 13.0 Å². The molecule has 128 valence electrons. The van der Waals surface area contributed by atoms with Crippen LogP contribution < -0.4 is 4.74 Å². The minimum absolute atomic E-state index is 0.0634. The summed E-state index contributed by atoms with van der Waals surface area (Å²) in [6.45, 7) is -0.187. The second kappa shape index (κ2) is 7.09. The highest BCUT2D eigenvalue weighted by atomic mass is 16.5. The molecule has 1 unspecified atom stereocenters. The van der Waals surface area contributed by atoms with Crippen LogP contribution in [0.1, 0.15) is 11.5 Å². The third-order valence-electron chi connectivity index (χ3n) is 3.91. The minimum atomic E-state index is -0.956. The van der Waals surface area contributed by atoms with Crippen LogP contribution in [0.2, 0.25) is 0 Å². The molecule has 0 saturated carbocycles. The first-order chi connectivity index (χ1) is 12.1. The molecule has 1 aromatic carbocycles. The number of aliphatic carboxylic acids is 1. The lowest BCUT2D eigenvalue weighted by Crippen LogP contribution is -2.24. The fraction of sp³-hybridized carbons (Fsp3) is 0.158. The molecule has 1 heterocycles. The van der Waals surface area contributed by atoms with Crippen molar-refractivity contribution in [3.8, 4) is 5.75 Å². The minimum Gasteiger partial charge on any atom is -0.497 e. The maximum Gasteiger partial charge on any atom is 0.323 e. The molecule has 0 aromatic heterocycles. The van der Waals surface area contributed by atoms with Crippen LogP contribution in [-0.2, 0) is 14.3 Å². The normalized spacial score (nSPS) is 19.2. The molecule has 3 rings (SSSR count).